The van der Waals surface area contributed by atoms with Gasteiger partial charge in [0, 0.05) is 28.8 Å². The zero-order valence-corrected chi connectivity index (χ0v) is 20.5. The average Bonchev–Trinajstić information content (AvgIpc) is 3.30. The van der Waals surface area contributed by atoms with Crippen LogP contribution in [0.4, 0.5) is 4.39 Å². The third-order valence-corrected chi connectivity index (χ3v) is 8.10. The molecular formula is C23H22FN3O2S3. The van der Waals surface area contributed by atoms with Crippen LogP contribution in [0.3, 0.4) is 0 Å². The van der Waals surface area contributed by atoms with Gasteiger partial charge in [-0.25, -0.2) is 22.5 Å². The summed E-state index contributed by atoms with van der Waals surface area (Å²) < 4.78 is 40.1. The van der Waals surface area contributed by atoms with E-state index in [0.717, 1.165) is 32.3 Å². The molecule has 0 amide bonds. The summed E-state index contributed by atoms with van der Waals surface area (Å²) in [6.07, 6.45) is 3.06. The van der Waals surface area contributed by atoms with Crippen molar-refractivity contribution in [3.63, 3.8) is 0 Å². The Balaban J connectivity index is 1.77. The summed E-state index contributed by atoms with van der Waals surface area (Å²) in [4.78, 5) is 5.11. The highest BCUT2D eigenvalue weighted by Gasteiger charge is 2.19. The van der Waals surface area contributed by atoms with E-state index in [-0.39, 0.29) is 10.7 Å². The van der Waals surface area contributed by atoms with Crippen LogP contribution in [0.5, 0.6) is 0 Å². The number of thiazole rings is 1. The van der Waals surface area contributed by atoms with Crippen LogP contribution in [-0.2, 0) is 9.84 Å². The molecule has 4 aromatic rings. The number of hydrogen-bond acceptors (Lipinski definition) is 6. The Morgan fingerprint density at radius 2 is 1.81 bits per heavy atom. The number of halogens is 1. The fraction of sp³-hybridized carbons (Fsp3) is 0.217. The molecule has 166 valence electrons. The molecule has 0 aliphatic heterocycles. The molecule has 2 heterocycles. The second-order valence-electron chi connectivity index (χ2n) is 7.68. The topological polar surface area (TPSA) is 64.8 Å². The highest BCUT2D eigenvalue weighted by molar-refractivity contribution is 8.01. The molecule has 2 aromatic carbocycles. The molecule has 32 heavy (non-hydrogen) atoms. The summed E-state index contributed by atoms with van der Waals surface area (Å²) in [7, 11) is -3.26. The number of benzene rings is 2. The van der Waals surface area contributed by atoms with Gasteiger partial charge < -0.3 is 0 Å². The Bertz CT molecular complexity index is 1370. The molecule has 0 saturated carbocycles. The first-order chi connectivity index (χ1) is 15.1. The molecule has 0 bridgehead atoms. The molecule has 0 aliphatic rings. The fourth-order valence-electron chi connectivity index (χ4n) is 3.23. The summed E-state index contributed by atoms with van der Waals surface area (Å²) in [6, 6.07) is 13.2. The first kappa shape index (κ1) is 22.7. The average molecular weight is 488 g/mol. The molecule has 0 fully saturated rings. The Morgan fingerprint density at radius 1 is 1.09 bits per heavy atom. The van der Waals surface area contributed by atoms with Crippen LogP contribution in [0.25, 0.3) is 27.5 Å². The SMILES string of the molecule is Cc1nn(-c2nc(-c3ccc(S(C)(=O)=O)cc3)c(SC(C)C)s2)cc1-c1cccc(F)c1. The normalized spacial score (nSPS) is 11.9. The largest absolute Gasteiger partial charge is 0.224 e. The maximum Gasteiger partial charge on any atom is 0.211 e. The lowest BCUT2D eigenvalue weighted by atomic mass is 10.1. The van der Waals surface area contributed by atoms with Gasteiger partial charge in [-0.05, 0) is 36.8 Å². The van der Waals surface area contributed by atoms with E-state index in [1.54, 1.807) is 46.8 Å². The van der Waals surface area contributed by atoms with Gasteiger partial charge in [-0.15, -0.1) is 11.8 Å². The van der Waals surface area contributed by atoms with Crippen LogP contribution in [0, 0.1) is 12.7 Å². The van der Waals surface area contributed by atoms with Gasteiger partial charge in [-0.1, -0.05) is 49.4 Å². The maximum atomic E-state index is 13.7. The van der Waals surface area contributed by atoms with Gasteiger partial charge in [0.2, 0.25) is 5.13 Å². The van der Waals surface area contributed by atoms with Crippen LogP contribution in [0.15, 0.2) is 63.8 Å². The lowest BCUT2D eigenvalue weighted by Crippen LogP contribution is -1.97. The van der Waals surface area contributed by atoms with E-state index in [9.17, 15) is 12.8 Å². The highest BCUT2D eigenvalue weighted by atomic mass is 32.2. The monoisotopic (exact) mass is 487 g/mol. The number of aryl methyl sites for hydroxylation is 1. The van der Waals surface area contributed by atoms with Crippen molar-refractivity contribution in [2.75, 3.05) is 6.26 Å². The van der Waals surface area contributed by atoms with Gasteiger partial charge in [0.25, 0.3) is 0 Å². The zero-order valence-electron chi connectivity index (χ0n) is 18.0. The van der Waals surface area contributed by atoms with Crippen molar-refractivity contribution in [2.45, 2.75) is 35.1 Å². The van der Waals surface area contributed by atoms with Gasteiger partial charge in [0.15, 0.2) is 9.84 Å². The van der Waals surface area contributed by atoms with Crippen molar-refractivity contribution >= 4 is 32.9 Å². The number of sulfone groups is 1. The van der Waals surface area contributed by atoms with Crippen LogP contribution in [-0.4, -0.2) is 34.7 Å². The summed E-state index contributed by atoms with van der Waals surface area (Å²) in [6.45, 7) is 6.11. The molecule has 0 saturated heterocycles. The fourth-order valence-corrected chi connectivity index (χ4v) is 6.30. The molecular weight excluding hydrogens is 465 g/mol. The second kappa shape index (κ2) is 8.80. The van der Waals surface area contributed by atoms with E-state index in [1.807, 2.05) is 19.2 Å². The van der Waals surface area contributed by atoms with Gasteiger partial charge in [-0.3, -0.25) is 0 Å². The Morgan fingerprint density at radius 3 is 2.44 bits per heavy atom. The Labute approximate surface area is 195 Å². The van der Waals surface area contributed by atoms with Crippen LogP contribution >= 0.6 is 23.1 Å². The number of thioether (sulfide) groups is 1. The molecule has 5 nitrogen and oxygen atoms in total. The minimum atomic E-state index is -3.26. The van der Waals surface area contributed by atoms with Crippen LogP contribution < -0.4 is 0 Å². The van der Waals surface area contributed by atoms with Crippen molar-refractivity contribution in [1.82, 2.24) is 14.8 Å². The number of aromatic nitrogens is 3. The van der Waals surface area contributed by atoms with Crippen molar-refractivity contribution in [2.24, 2.45) is 0 Å². The van der Waals surface area contributed by atoms with E-state index >= 15 is 0 Å². The molecule has 9 heteroatoms. The maximum absolute atomic E-state index is 13.7. The van der Waals surface area contributed by atoms with E-state index in [4.69, 9.17) is 4.98 Å². The zero-order chi connectivity index (χ0) is 23.0. The molecule has 0 spiro atoms. The molecule has 2 aromatic heterocycles. The number of rotatable bonds is 6. The molecule has 0 radical (unpaired) electrons. The lowest BCUT2D eigenvalue weighted by Gasteiger charge is -2.05. The van der Waals surface area contributed by atoms with Gasteiger partial charge in [-0.2, -0.15) is 5.10 Å². The summed E-state index contributed by atoms with van der Waals surface area (Å²) in [5.74, 6) is -0.292. The van der Waals surface area contributed by atoms with Gasteiger partial charge in [0.05, 0.1) is 20.5 Å². The van der Waals surface area contributed by atoms with Gasteiger partial charge >= 0.3 is 0 Å². The smallest absolute Gasteiger partial charge is 0.211 e. The third-order valence-electron chi connectivity index (χ3n) is 4.71. The lowest BCUT2D eigenvalue weighted by molar-refractivity contribution is 0.602. The molecule has 4 rings (SSSR count). The molecule has 0 N–H and O–H groups in total. The summed E-state index contributed by atoms with van der Waals surface area (Å²) >= 11 is 3.23. The molecule has 0 unspecified atom stereocenters. The quantitative estimate of drug-likeness (QED) is 0.312. The van der Waals surface area contributed by atoms with Crippen LogP contribution in [0.1, 0.15) is 19.5 Å². The third kappa shape index (κ3) is 4.79. The summed E-state index contributed by atoms with van der Waals surface area (Å²) in [5.41, 5.74) is 4.03. The van der Waals surface area contributed by atoms with E-state index in [1.165, 1.54) is 29.7 Å². The number of nitrogens with zero attached hydrogens (tertiary/aromatic N) is 3. The first-order valence-electron chi connectivity index (χ1n) is 9.92. The van der Waals surface area contributed by atoms with Crippen molar-refractivity contribution < 1.29 is 12.8 Å². The predicted molar refractivity (Wildman–Crippen MR) is 129 cm³/mol. The Kier molecular flexibility index (Phi) is 6.24. The minimum Gasteiger partial charge on any atom is -0.224 e. The number of hydrogen-bond donors (Lipinski definition) is 0. The van der Waals surface area contributed by atoms with E-state index in [2.05, 4.69) is 18.9 Å². The van der Waals surface area contributed by atoms with Crippen molar-refractivity contribution in [1.29, 1.82) is 0 Å². The minimum absolute atomic E-state index is 0.275. The standard InChI is InChI=1S/C23H22FN3O2S3/c1-14(2)30-22-21(16-8-10-19(11-9-16)32(4,28)29)25-23(31-22)27-13-20(15(3)26-27)17-6-5-7-18(24)12-17/h5-14H,1-4H3. The van der Waals surface area contributed by atoms with Gasteiger partial charge in [0.1, 0.15) is 5.82 Å². The molecule has 0 aliphatic carbocycles. The van der Waals surface area contributed by atoms with Crippen molar-refractivity contribution in [3.05, 3.63) is 66.2 Å². The van der Waals surface area contributed by atoms with E-state index in [0.29, 0.717) is 10.4 Å². The van der Waals surface area contributed by atoms with Crippen LogP contribution in [0.2, 0.25) is 0 Å². The van der Waals surface area contributed by atoms with Crippen molar-refractivity contribution in [3.8, 4) is 27.5 Å². The molecule has 0 atom stereocenters. The summed E-state index contributed by atoms with van der Waals surface area (Å²) in [5, 5.41) is 5.66. The van der Waals surface area contributed by atoms with E-state index < -0.39 is 9.84 Å². The highest BCUT2D eigenvalue weighted by Crippen LogP contribution is 2.40. The second-order valence-corrected chi connectivity index (χ2v) is 12.5. The Hall–Kier alpha value is -2.49. The first-order valence-corrected chi connectivity index (χ1v) is 13.5. The predicted octanol–water partition coefficient (Wildman–Crippen LogP) is 6.01.